The fraction of sp³-hybridized carbons (Fsp3) is 0.821. The molecule has 0 fully saturated rings. The molecule has 356 valence electrons. The minimum Gasteiger partial charge on any atom is -0.462 e. The lowest BCUT2D eigenvalue weighted by Gasteiger charge is -2.15. The third-order valence-corrected chi connectivity index (χ3v) is 11.9. The zero-order chi connectivity index (χ0) is 44.2. The van der Waals surface area contributed by atoms with Crippen LogP contribution in [0.4, 0.5) is 0 Å². The van der Waals surface area contributed by atoms with E-state index in [0.717, 1.165) is 64.2 Å². The Kier molecular flexibility index (Phi) is 50.4. The Hall–Kier alpha value is -2.14. The molecule has 0 aromatic carbocycles. The topological polar surface area (TPSA) is 72.8 Å². The second-order valence-electron chi connectivity index (χ2n) is 17.9. The monoisotopic (exact) mass is 855 g/mol. The first-order chi connectivity index (χ1) is 30.1. The standard InChI is InChI=1S/C56H102O5/c1-3-5-7-9-11-12-13-14-15-16-17-18-19-20-21-22-23-24-25-26-27-28-29-30-31-32-33-34-35-36-37-38-39-40-41-42-43-44-45-47-49-51-56(59)61-54(52-57)53-60-55(58)50-48-46-10-8-6-4-2/h5,7,11-12,14-15,17-18,54,57H,3-4,6,8-10,13,16,19-53H2,1-2H3/b7-5-,12-11-,15-14-,18-17-. The molecule has 0 spiro atoms. The summed E-state index contributed by atoms with van der Waals surface area (Å²) in [6.45, 7) is 3.98. The molecular formula is C56H102O5. The van der Waals surface area contributed by atoms with Gasteiger partial charge >= 0.3 is 11.9 Å². The normalized spacial score (nSPS) is 12.5. The summed E-state index contributed by atoms with van der Waals surface area (Å²) in [7, 11) is 0. The van der Waals surface area contributed by atoms with Gasteiger partial charge in [0.1, 0.15) is 6.61 Å². The van der Waals surface area contributed by atoms with Gasteiger partial charge in [-0.25, -0.2) is 0 Å². The maximum Gasteiger partial charge on any atom is 0.306 e. The third-order valence-electron chi connectivity index (χ3n) is 11.9. The van der Waals surface area contributed by atoms with Crippen LogP contribution in [0.15, 0.2) is 48.6 Å². The van der Waals surface area contributed by atoms with Crippen LogP contribution >= 0.6 is 0 Å². The highest BCUT2D eigenvalue weighted by Crippen LogP contribution is 2.17. The van der Waals surface area contributed by atoms with Gasteiger partial charge in [0.15, 0.2) is 6.10 Å². The Morgan fingerprint density at radius 3 is 1.07 bits per heavy atom. The summed E-state index contributed by atoms with van der Waals surface area (Å²) in [6.07, 6.45) is 68.6. The van der Waals surface area contributed by atoms with E-state index in [0.29, 0.717) is 12.8 Å². The van der Waals surface area contributed by atoms with E-state index in [1.807, 2.05) is 0 Å². The van der Waals surface area contributed by atoms with E-state index < -0.39 is 6.10 Å². The molecule has 0 saturated heterocycles. The van der Waals surface area contributed by atoms with Crippen molar-refractivity contribution in [3.63, 3.8) is 0 Å². The van der Waals surface area contributed by atoms with E-state index in [-0.39, 0.29) is 25.2 Å². The molecule has 1 N–H and O–H groups in total. The average molecular weight is 855 g/mol. The number of carbonyl (C=O) groups is 2. The van der Waals surface area contributed by atoms with Gasteiger partial charge in [0, 0.05) is 12.8 Å². The van der Waals surface area contributed by atoms with E-state index in [1.54, 1.807) is 0 Å². The molecule has 0 bridgehead atoms. The molecule has 1 atom stereocenters. The number of aliphatic hydroxyl groups is 1. The number of allylic oxidation sites excluding steroid dienone is 8. The first-order valence-corrected chi connectivity index (χ1v) is 26.7. The van der Waals surface area contributed by atoms with Gasteiger partial charge in [-0.05, 0) is 51.4 Å². The average Bonchev–Trinajstić information content (AvgIpc) is 3.26. The Morgan fingerprint density at radius 2 is 0.705 bits per heavy atom. The molecule has 1 unspecified atom stereocenters. The molecule has 61 heavy (non-hydrogen) atoms. The van der Waals surface area contributed by atoms with Crippen LogP contribution in [0.25, 0.3) is 0 Å². The van der Waals surface area contributed by atoms with Gasteiger partial charge in [-0.2, -0.15) is 0 Å². The lowest BCUT2D eigenvalue weighted by Crippen LogP contribution is -2.28. The maximum absolute atomic E-state index is 12.2. The molecule has 0 aliphatic rings. The van der Waals surface area contributed by atoms with Crippen LogP contribution in [0.2, 0.25) is 0 Å². The van der Waals surface area contributed by atoms with Crippen LogP contribution in [-0.4, -0.2) is 36.4 Å². The highest BCUT2D eigenvalue weighted by molar-refractivity contribution is 5.70. The summed E-state index contributed by atoms with van der Waals surface area (Å²) in [5.41, 5.74) is 0. The molecule has 5 heteroatoms. The van der Waals surface area contributed by atoms with Crippen molar-refractivity contribution < 1.29 is 24.2 Å². The molecule has 0 heterocycles. The summed E-state index contributed by atoms with van der Waals surface area (Å²) >= 11 is 0. The second-order valence-corrected chi connectivity index (χ2v) is 17.9. The van der Waals surface area contributed by atoms with Crippen molar-refractivity contribution in [2.24, 2.45) is 0 Å². The summed E-state index contributed by atoms with van der Waals surface area (Å²) in [6, 6.07) is 0. The van der Waals surface area contributed by atoms with Crippen LogP contribution in [0.5, 0.6) is 0 Å². The van der Waals surface area contributed by atoms with Crippen molar-refractivity contribution in [3.8, 4) is 0 Å². The van der Waals surface area contributed by atoms with Crippen LogP contribution in [0, 0.1) is 0 Å². The zero-order valence-electron chi connectivity index (χ0n) is 40.7. The predicted octanol–water partition coefficient (Wildman–Crippen LogP) is 17.7. The van der Waals surface area contributed by atoms with Crippen LogP contribution < -0.4 is 0 Å². The number of esters is 2. The number of aliphatic hydroxyl groups excluding tert-OH is 1. The van der Waals surface area contributed by atoms with E-state index in [4.69, 9.17) is 9.47 Å². The van der Waals surface area contributed by atoms with Gasteiger partial charge in [-0.3, -0.25) is 9.59 Å². The Morgan fingerprint density at radius 1 is 0.393 bits per heavy atom. The highest BCUT2D eigenvalue weighted by atomic mass is 16.6. The fourth-order valence-electron chi connectivity index (χ4n) is 7.90. The van der Waals surface area contributed by atoms with E-state index >= 15 is 0 Å². The van der Waals surface area contributed by atoms with Gasteiger partial charge in [0.2, 0.25) is 0 Å². The molecule has 0 aromatic rings. The minimum atomic E-state index is -0.763. The predicted molar refractivity (Wildman–Crippen MR) is 265 cm³/mol. The first-order valence-electron chi connectivity index (χ1n) is 26.7. The number of hydrogen-bond donors (Lipinski definition) is 1. The molecular weight excluding hydrogens is 753 g/mol. The maximum atomic E-state index is 12.2. The van der Waals surface area contributed by atoms with Gasteiger partial charge in [0.25, 0.3) is 0 Å². The zero-order valence-corrected chi connectivity index (χ0v) is 40.7. The van der Waals surface area contributed by atoms with Gasteiger partial charge in [-0.15, -0.1) is 0 Å². The van der Waals surface area contributed by atoms with Gasteiger partial charge in [-0.1, -0.05) is 262 Å². The van der Waals surface area contributed by atoms with Crippen molar-refractivity contribution in [2.45, 2.75) is 283 Å². The molecule has 0 aromatic heterocycles. The molecule has 0 aliphatic carbocycles. The van der Waals surface area contributed by atoms with Crippen molar-refractivity contribution in [3.05, 3.63) is 48.6 Å². The third kappa shape index (κ3) is 50.4. The second kappa shape index (κ2) is 52.2. The summed E-state index contributed by atoms with van der Waals surface area (Å²) in [4.78, 5) is 24.1. The summed E-state index contributed by atoms with van der Waals surface area (Å²) in [5, 5.41) is 9.53. The van der Waals surface area contributed by atoms with Gasteiger partial charge in [0.05, 0.1) is 6.61 Å². The fourth-order valence-corrected chi connectivity index (χ4v) is 7.90. The van der Waals surface area contributed by atoms with Crippen molar-refractivity contribution >= 4 is 11.9 Å². The quantitative estimate of drug-likeness (QED) is 0.0375. The number of rotatable bonds is 49. The lowest BCUT2D eigenvalue weighted by atomic mass is 10.0. The number of hydrogen-bond acceptors (Lipinski definition) is 5. The van der Waals surface area contributed by atoms with Gasteiger partial charge < -0.3 is 14.6 Å². The molecule has 0 aliphatic heterocycles. The Labute approximate surface area is 379 Å². The van der Waals surface area contributed by atoms with Crippen LogP contribution in [0.1, 0.15) is 277 Å². The molecule has 5 nitrogen and oxygen atoms in total. The summed E-state index contributed by atoms with van der Waals surface area (Å²) in [5.74, 6) is -0.589. The number of ether oxygens (including phenoxy) is 2. The minimum absolute atomic E-state index is 0.0614. The van der Waals surface area contributed by atoms with E-state index in [1.165, 1.54) is 186 Å². The molecule has 0 saturated carbocycles. The SMILES string of the molecule is CC/C=C\C/C=C\C/C=C\C/C=C\CCCCCCCCCCCCCCCCCCCCCCCCCCCCCCC(=O)OC(CO)COC(=O)CCCCCCCC. The largest absolute Gasteiger partial charge is 0.462 e. The molecule has 0 radical (unpaired) electrons. The van der Waals surface area contributed by atoms with Crippen LogP contribution in [0.3, 0.4) is 0 Å². The lowest BCUT2D eigenvalue weighted by molar-refractivity contribution is -0.161. The Bertz CT molecular complexity index is 1010. The van der Waals surface area contributed by atoms with Crippen molar-refractivity contribution in [1.29, 1.82) is 0 Å². The van der Waals surface area contributed by atoms with E-state index in [2.05, 4.69) is 62.5 Å². The van der Waals surface area contributed by atoms with E-state index in [9.17, 15) is 14.7 Å². The van der Waals surface area contributed by atoms with Crippen molar-refractivity contribution in [2.75, 3.05) is 13.2 Å². The highest BCUT2D eigenvalue weighted by Gasteiger charge is 2.16. The molecule has 0 amide bonds. The molecule has 0 rings (SSSR count). The Balaban J connectivity index is 3.31. The first kappa shape index (κ1) is 58.9. The number of carbonyl (C=O) groups excluding carboxylic acids is 2. The summed E-state index contributed by atoms with van der Waals surface area (Å²) < 4.78 is 10.6. The van der Waals surface area contributed by atoms with Crippen molar-refractivity contribution in [1.82, 2.24) is 0 Å². The number of unbranched alkanes of at least 4 members (excludes halogenated alkanes) is 33. The smallest absolute Gasteiger partial charge is 0.306 e. The van der Waals surface area contributed by atoms with Crippen LogP contribution in [-0.2, 0) is 19.1 Å².